The van der Waals surface area contributed by atoms with Crippen LogP contribution in [-0.2, 0) is 6.54 Å². The van der Waals surface area contributed by atoms with Crippen LogP contribution < -0.4 is 4.90 Å². The Kier molecular flexibility index (Phi) is 4.10. The lowest BCUT2D eigenvalue weighted by Crippen LogP contribution is -2.16. The minimum atomic E-state index is 0.0856. The number of rotatable bonds is 5. The smallest absolute Gasteiger partial charge is 0.180 e. The summed E-state index contributed by atoms with van der Waals surface area (Å²) in [6.07, 6.45) is 2.26. The van der Waals surface area contributed by atoms with Gasteiger partial charge in [0, 0.05) is 18.3 Å². The quantitative estimate of drug-likeness (QED) is 0.773. The highest BCUT2D eigenvalue weighted by atomic mass is 32.1. The Morgan fingerprint density at radius 3 is 2.78 bits per heavy atom. The average molecular weight is 260 g/mol. The molecule has 2 heterocycles. The summed E-state index contributed by atoms with van der Waals surface area (Å²) < 4.78 is 0. The van der Waals surface area contributed by atoms with Crippen LogP contribution in [0.4, 0.5) is 5.69 Å². The zero-order chi connectivity index (χ0) is 13.0. The van der Waals surface area contributed by atoms with E-state index in [1.54, 1.807) is 23.6 Å². The lowest BCUT2D eigenvalue weighted by atomic mass is 10.2. The summed E-state index contributed by atoms with van der Waals surface area (Å²) in [5.41, 5.74) is 1.57. The molecule has 0 atom stereocenters. The molecule has 3 nitrogen and oxygen atoms in total. The number of anilines is 1. The van der Waals surface area contributed by atoms with Gasteiger partial charge in [-0.15, -0.1) is 11.3 Å². The van der Waals surface area contributed by atoms with Gasteiger partial charge in [0.2, 0.25) is 0 Å². The van der Waals surface area contributed by atoms with Gasteiger partial charge >= 0.3 is 0 Å². The van der Waals surface area contributed by atoms with E-state index in [0.717, 1.165) is 12.2 Å². The first-order valence-electron chi connectivity index (χ1n) is 5.93. The summed E-state index contributed by atoms with van der Waals surface area (Å²) in [6, 6.07) is 7.91. The van der Waals surface area contributed by atoms with Crippen molar-refractivity contribution in [1.29, 1.82) is 0 Å². The van der Waals surface area contributed by atoms with Crippen molar-refractivity contribution in [1.82, 2.24) is 4.98 Å². The van der Waals surface area contributed by atoms with Gasteiger partial charge in [0.25, 0.3) is 0 Å². The first-order valence-corrected chi connectivity index (χ1v) is 6.81. The van der Waals surface area contributed by atoms with Gasteiger partial charge in [0.05, 0.1) is 18.4 Å². The van der Waals surface area contributed by atoms with Gasteiger partial charge in [0.1, 0.15) is 5.69 Å². The fourth-order valence-corrected chi connectivity index (χ4v) is 2.44. The van der Waals surface area contributed by atoms with Gasteiger partial charge < -0.3 is 4.90 Å². The van der Waals surface area contributed by atoms with E-state index in [1.165, 1.54) is 4.88 Å². The first kappa shape index (κ1) is 12.8. The fraction of sp³-hybridized carbons (Fsp3) is 0.286. The van der Waals surface area contributed by atoms with E-state index in [1.807, 2.05) is 20.0 Å². The number of pyridine rings is 1. The van der Waals surface area contributed by atoms with Crippen LogP contribution in [0.15, 0.2) is 35.8 Å². The summed E-state index contributed by atoms with van der Waals surface area (Å²) in [4.78, 5) is 19.1. The number of aromatic nitrogens is 1. The second-order valence-electron chi connectivity index (χ2n) is 4.11. The Morgan fingerprint density at radius 1 is 1.39 bits per heavy atom. The highest BCUT2D eigenvalue weighted by Gasteiger charge is 2.07. The normalized spacial score (nSPS) is 10.3. The molecule has 0 fully saturated rings. The molecule has 18 heavy (non-hydrogen) atoms. The highest BCUT2D eigenvalue weighted by Crippen LogP contribution is 2.17. The SMILES string of the molecule is CCC(=O)c1ccc(N(C)Cc2cccs2)cn1. The summed E-state index contributed by atoms with van der Waals surface area (Å²) in [5.74, 6) is 0.0856. The van der Waals surface area contributed by atoms with Crippen molar-refractivity contribution in [3.05, 3.63) is 46.4 Å². The number of carbonyl (C=O) groups is 1. The van der Waals surface area contributed by atoms with E-state index in [0.29, 0.717) is 12.1 Å². The van der Waals surface area contributed by atoms with Crippen molar-refractivity contribution in [3.63, 3.8) is 0 Å². The van der Waals surface area contributed by atoms with E-state index in [-0.39, 0.29) is 5.78 Å². The topological polar surface area (TPSA) is 33.2 Å². The number of Topliss-reactive ketones (excluding diaryl/α,β-unsaturated/α-hetero) is 1. The van der Waals surface area contributed by atoms with Crippen LogP contribution in [0.5, 0.6) is 0 Å². The second-order valence-corrected chi connectivity index (χ2v) is 5.15. The van der Waals surface area contributed by atoms with Gasteiger partial charge in [-0.3, -0.25) is 9.78 Å². The molecule has 0 aliphatic heterocycles. The number of hydrogen-bond acceptors (Lipinski definition) is 4. The van der Waals surface area contributed by atoms with Gasteiger partial charge in [-0.1, -0.05) is 13.0 Å². The molecule has 0 N–H and O–H groups in total. The fourth-order valence-electron chi connectivity index (χ4n) is 1.69. The van der Waals surface area contributed by atoms with E-state index in [2.05, 4.69) is 27.4 Å². The molecular weight excluding hydrogens is 244 g/mol. The maximum absolute atomic E-state index is 11.5. The Hall–Kier alpha value is -1.68. The lowest BCUT2D eigenvalue weighted by Gasteiger charge is -2.18. The third-order valence-electron chi connectivity index (χ3n) is 2.77. The number of ketones is 1. The van der Waals surface area contributed by atoms with Crippen molar-refractivity contribution in [3.8, 4) is 0 Å². The molecule has 0 unspecified atom stereocenters. The highest BCUT2D eigenvalue weighted by molar-refractivity contribution is 7.09. The molecule has 94 valence electrons. The van der Waals surface area contributed by atoms with Crippen molar-refractivity contribution in [2.45, 2.75) is 19.9 Å². The third kappa shape index (κ3) is 2.96. The predicted octanol–water partition coefficient (Wildman–Crippen LogP) is 3.37. The van der Waals surface area contributed by atoms with Gasteiger partial charge in [-0.25, -0.2) is 0 Å². The molecule has 2 aromatic heterocycles. The Morgan fingerprint density at radius 2 is 2.22 bits per heavy atom. The van der Waals surface area contributed by atoms with Crippen LogP contribution >= 0.6 is 11.3 Å². The monoisotopic (exact) mass is 260 g/mol. The van der Waals surface area contributed by atoms with E-state index < -0.39 is 0 Å². The Balaban J connectivity index is 2.07. The molecule has 0 saturated carbocycles. The molecular formula is C14H16N2OS. The molecule has 2 aromatic rings. The molecule has 0 amide bonds. The zero-order valence-corrected chi connectivity index (χ0v) is 11.4. The van der Waals surface area contributed by atoms with E-state index in [9.17, 15) is 4.79 Å². The van der Waals surface area contributed by atoms with Crippen LogP contribution in [0.3, 0.4) is 0 Å². The molecule has 0 saturated heterocycles. The number of hydrogen-bond donors (Lipinski definition) is 0. The number of carbonyl (C=O) groups excluding carboxylic acids is 1. The van der Waals surface area contributed by atoms with Gasteiger partial charge in [0.15, 0.2) is 5.78 Å². The Labute approximate surface area is 111 Å². The van der Waals surface area contributed by atoms with Crippen LogP contribution in [-0.4, -0.2) is 17.8 Å². The van der Waals surface area contributed by atoms with Crippen molar-refractivity contribution in [2.24, 2.45) is 0 Å². The molecule has 0 bridgehead atoms. The Bertz CT molecular complexity index is 505. The van der Waals surface area contributed by atoms with Crippen molar-refractivity contribution < 1.29 is 4.79 Å². The van der Waals surface area contributed by atoms with Crippen LogP contribution in [0.1, 0.15) is 28.7 Å². The van der Waals surface area contributed by atoms with Crippen LogP contribution in [0, 0.1) is 0 Å². The largest absolute Gasteiger partial charge is 0.368 e. The minimum Gasteiger partial charge on any atom is -0.368 e. The standard InChI is InChI=1S/C14H16N2OS/c1-3-14(17)13-7-6-11(9-15-13)16(2)10-12-5-4-8-18-12/h4-9H,3,10H2,1-2H3. The maximum Gasteiger partial charge on any atom is 0.180 e. The molecule has 0 aliphatic carbocycles. The zero-order valence-electron chi connectivity index (χ0n) is 10.6. The summed E-state index contributed by atoms with van der Waals surface area (Å²) in [6.45, 7) is 2.71. The van der Waals surface area contributed by atoms with E-state index in [4.69, 9.17) is 0 Å². The van der Waals surface area contributed by atoms with Crippen molar-refractivity contribution >= 4 is 22.8 Å². The van der Waals surface area contributed by atoms with Gasteiger partial charge in [-0.05, 0) is 23.6 Å². The average Bonchev–Trinajstić information content (AvgIpc) is 2.91. The number of nitrogens with zero attached hydrogens (tertiary/aromatic N) is 2. The molecule has 0 aromatic carbocycles. The summed E-state index contributed by atoms with van der Waals surface area (Å²) in [7, 11) is 2.03. The molecule has 0 spiro atoms. The number of thiophene rings is 1. The molecule has 0 aliphatic rings. The van der Waals surface area contributed by atoms with Crippen molar-refractivity contribution in [2.75, 3.05) is 11.9 Å². The minimum absolute atomic E-state index is 0.0856. The molecule has 2 rings (SSSR count). The summed E-state index contributed by atoms with van der Waals surface area (Å²) >= 11 is 1.74. The molecule has 4 heteroatoms. The van der Waals surface area contributed by atoms with Crippen LogP contribution in [0.2, 0.25) is 0 Å². The third-order valence-corrected chi connectivity index (χ3v) is 3.63. The predicted molar refractivity (Wildman–Crippen MR) is 75.3 cm³/mol. The first-order chi connectivity index (χ1) is 8.70. The maximum atomic E-state index is 11.5. The summed E-state index contributed by atoms with van der Waals surface area (Å²) in [5, 5.41) is 2.07. The molecule has 0 radical (unpaired) electrons. The second kappa shape index (κ2) is 5.78. The van der Waals surface area contributed by atoms with Gasteiger partial charge in [-0.2, -0.15) is 0 Å². The van der Waals surface area contributed by atoms with E-state index >= 15 is 0 Å². The lowest BCUT2D eigenvalue weighted by molar-refractivity contribution is 0.0983. The van der Waals surface area contributed by atoms with Crippen LogP contribution in [0.25, 0.3) is 0 Å².